The molecular weight excluding hydrogens is 228 g/mol. The lowest BCUT2D eigenvalue weighted by Gasteiger charge is -2.35. The molecule has 1 saturated heterocycles. The molecule has 1 aliphatic heterocycles. The summed E-state index contributed by atoms with van der Waals surface area (Å²) < 4.78 is 5.52. The molecule has 2 atom stereocenters. The molecule has 2 rings (SSSR count). The molecule has 104 valence electrons. The minimum atomic E-state index is 0.0634. The van der Waals surface area contributed by atoms with Gasteiger partial charge in [-0.05, 0) is 26.2 Å². The number of hydrogen-bond donors (Lipinski definition) is 1. The first-order valence-electron chi connectivity index (χ1n) is 7.34. The number of ether oxygens (including phenoxy) is 1. The van der Waals surface area contributed by atoms with Gasteiger partial charge in [-0.2, -0.15) is 0 Å². The summed E-state index contributed by atoms with van der Waals surface area (Å²) in [5.74, 6) is 0.338. The van der Waals surface area contributed by atoms with Crippen LogP contribution in [-0.4, -0.2) is 42.6 Å². The van der Waals surface area contributed by atoms with Crippen LogP contribution in [0.2, 0.25) is 0 Å². The van der Waals surface area contributed by atoms with Crippen LogP contribution < -0.4 is 5.73 Å². The zero-order valence-electron chi connectivity index (χ0n) is 11.4. The second-order valence-corrected chi connectivity index (χ2v) is 5.69. The monoisotopic (exact) mass is 254 g/mol. The Bertz CT molecular complexity index is 277. The predicted molar refractivity (Wildman–Crippen MR) is 71.2 cm³/mol. The quantitative estimate of drug-likeness (QED) is 0.828. The largest absolute Gasteiger partial charge is 0.378 e. The van der Waals surface area contributed by atoms with Crippen molar-refractivity contribution in [1.29, 1.82) is 0 Å². The Hall–Kier alpha value is -0.610. The van der Waals surface area contributed by atoms with Gasteiger partial charge in [0, 0.05) is 19.1 Å². The molecule has 1 aliphatic carbocycles. The fourth-order valence-electron chi connectivity index (χ4n) is 3.23. The number of hydrogen-bond acceptors (Lipinski definition) is 3. The average molecular weight is 254 g/mol. The number of amides is 1. The van der Waals surface area contributed by atoms with Crippen LogP contribution in [0.3, 0.4) is 0 Å². The third kappa shape index (κ3) is 3.23. The fourth-order valence-corrected chi connectivity index (χ4v) is 3.23. The van der Waals surface area contributed by atoms with E-state index in [0.717, 1.165) is 19.3 Å². The molecule has 2 N–H and O–H groups in total. The molecule has 0 bridgehead atoms. The van der Waals surface area contributed by atoms with Crippen molar-refractivity contribution in [2.75, 3.05) is 19.7 Å². The summed E-state index contributed by atoms with van der Waals surface area (Å²) in [7, 11) is 0. The highest BCUT2D eigenvalue weighted by atomic mass is 16.5. The van der Waals surface area contributed by atoms with Crippen LogP contribution in [0, 0.1) is 5.92 Å². The zero-order valence-corrected chi connectivity index (χ0v) is 11.4. The first-order chi connectivity index (χ1) is 8.72. The van der Waals surface area contributed by atoms with Crippen molar-refractivity contribution in [3.63, 3.8) is 0 Å². The van der Waals surface area contributed by atoms with Gasteiger partial charge in [0.15, 0.2) is 0 Å². The Morgan fingerprint density at radius 2 is 2.06 bits per heavy atom. The Morgan fingerprint density at radius 1 is 1.33 bits per heavy atom. The smallest absolute Gasteiger partial charge is 0.228 e. The van der Waals surface area contributed by atoms with E-state index in [0.29, 0.717) is 25.7 Å². The molecule has 0 aromatic heterocycles. The minimum absolute atomic E-state index is 0.0634. The summed E-state index contributed by atoms with van der Waals surface area (Å²) in [6.07, 6.45) is 7.19. The summed E-state index contributed by atoms with van der Waals surface area (Å²) >= 11 is 0. The third-order valence-corrected chi connectivity index (χ3v) is 4.22. The molecule has 0 aromatic rings. The second-order valence-electron chi connectivity index (χ2n) is 5.69. The van der Waals surface area contributed by atoms with Crippen molar-refractivity contribution in [3.8, 4) is 0 Å². The van der Waals surface area contributed by atoms with E-state index < -0.39 is 0 Å². The first kappa shape index (κ1) is 13.8. The van der Waals surface area contributed by atoms with E-state index in [1.165, 1.54) is 19.3 Å². The number of carbonyl (C=O) groups excluding carboxylic acids is 1. The van der Waals surface area contributed by atoms with E-state index in [9.17, 15) is 4.79 Å². The van der Waals surface area contributed by atoms with Gasteiger partial charge in [0.2, 0.25) is 5.91 Å². The lowest BCUT2D eigenvalue weighted by Crippen LogP contribution is -2.47. The summed E-state index contributed by atoms with van der Waals surface area (Å²) in [6, 6.07) is 0.422. The molecule has 2 fully saturated rings. The molecule has 1 saturated carbocycles. The molecule has 2 aliphatic rings. The molecule has 0 aromatic carbocycles. The van der Waals surface area contributed by atoms with Gasteiger partial charge in [-0.1, -0.05) is 19.3 Å². The van der Waals surface area contributed by atoms with E-state index in [1.54, 1.807) is 0 Å². The summed E-state index contributed by atoms with van der Waals surface area (Å²) in [4.78, 5) is 14.6. The van der Waals surface area contributed by atoms with Gasteiger partial charge >= 0.3 is 0 Å². The Labute approximate surface area is 110 Å². The van der Waals surface area contributed by atoms with Crippen molar-refractivity contribution >= 4 is 5.91 Å². The lowest BCUT2D eigenvalue weighted by molar-refractivity contribution is -0.138. The number of nitrogens with two attached hydrogens (primary N) is 1. The highest BCUT2D eigenvalue weighted by Gasteiger charge is 2.34. The molecule has 4 nitrogen and oxygen atoms in total. The summed E-state index contributed by atoms with van der Waals surface area (Å²) in [6.45, 7) is 3.90. The third-order valence-electron chi connectivity index (χ3n) is 4.22. The van der Waals surface area contributed by atoms with Gasteiger partial charge < -0.3 is 15.4 Å². The van der Waals surface area contributed by atoms with Gasteiger partial charge in [-0.25, -0.2) is 0 Å². The maximum absolute atomic E-state index is 12.6. The maximum Gasteiger partial charge on any atom is 0.228 e. The van der Waals surface area contributed by atoms with Crippen molar-refractivity contribution in [3.05, 3.63) is 0 Å². The van der Waals surface area contributed by atoms with Crippen LogP contribution in [0.25, 0.3) is 0 Å². The minimum Gasteiger partial charge on any atom is -0.378 e. The molecule has 0 spiro atoms. The topological polar surface area (TPSA) is 55.6 Å². The van der Waals surface area contributed by atoms with Crippen molar-refractivity contribution in [2.45, 2.75) is 57.6 Å². The molecule has 18 heavy (non-hydrogen) atoms. The van der Waals surface area contributed by atoms with Gasteiger partial charge in [-0.3, -0.25) is 4.79 Å². The molecule has 1 heterocycles. The predicted octanol–water partition coefficient (Wildman–Crippen LogP) is 1.53. The zero-order chi connectivity index (χ0) is 13.0. The number of rotatable bonds is 4. The Kier molecular flexibility index (Phi) is 5.01. The lowest BCUT2D eigenvalue weighted by atomic mass is 9.92. The van der Waals surface area contributed by atoms with Crippen LogP contribution >= 0.6 is 0 Å². The molecule has 1 amide bonds. The average Bonchev–Trinajstić information content (AvgIpc) is 2.83. The first-order valence-corrected chi connectivity index (χ1v) is 7.34. The highest BCUT2D eigenvalue weighted by Crippen LogP contribution is 2.27. The number of carbonyl (C=O) groups is 1. The molecule has 4 heteroatoms. The Morgan fingerprint density at radius 3 is 2.61 bits per heavy atom. The van der Waals surface area contributed by atoms with E-state index in [4.69, 9.17) is 10.5 Å². The van der Waals surface area contributed by atoms with E-state index in [2.05, 4.69) is 0 Å². The summed E-state index contributed by atoms with van der Waals surface area (Å²) in [5, 5.41) is 0. The normalized spacial score (nSPS) is 29.4. The summed E-state index contributed by atoms with van der Waals surface area (Å²) in [5.41, 5.74) is 5.67. The highest BCUT2D eigenvalue weighted by molar-refractivity contribution is 5.79. The number of nitrogens with zero attached hydrogens (tertiary/aromatic N) is 1. The van der Waals surface area contributed by atoms with Crippen LogP contribution in [0.5, 0.6) is 0 Å². The molecule has 0 radical (unpaired) electrons. The van der Waals surface area contributed by atoms with Gasteiger partial charge in [0.1, 0.15) is 0 Å². The van der Waals surface area contributed by atoms with Crippen molar-refractivity contribution in [2.24, 2.45) is 11.7 Å². The molecular formula is C14H26N2O2. The second kappa shape index (κ2) is 6.53. The van der Waals surface area contributed by atoms with Crippen LogP contribution in [0.15, 0.2) is 0 Å². The van der Waals surface area contributed by atoms with Crippen molar-refractivity contribution < 1.29 is 9.53 Å². The van der Waals surface area contributed by atoms with Gasteiger partial charge in [0.25, 0.3) is 0 Å². The SMILES string of the molecule is CC1CC(C(=O)N(CCN)C2CCCCC2)CO1. The maximum atomic E-state index is 12.6. The van der Waals surface area contributed by atoms with Gasteiger partial charge in [0.05, 0.1) is 18.6 Å². The van der Waals surface area contributed by atoms with Crippen LogP contribution in [0.4, 0.5) is 0 Å². The van der Waals surface area contributed by atoms with E-state index in [1.807, 2.05) is 11.8 Å². The van der Waals surface area contributed by atoms with E-state index >= 15 is 0 Å². The Balaban J connectivity index is 1.97. The molecule has 2 unspecified atom stereocenters. The van der Waals surface area contributed by atoms with Crippen LogP contribution in [-0.2, 0) is 9.53 Å². The van der Waals surface area contributed by atoms with Crippen molar-refractivity contribution in [1.82, 2.24) is 4.90 Å². The van der Waals surface area contributed by atoms with Gasteiger partial charge in [-0.15, -0.1) is 0 Å². The van der Waals surface area contributed by atoms with Crippen LogP contribution in [0.1, 0.15) is 45.4 Å². The fraction of sp³-hybridized carbons (Fsp3) is 0.929. The standard InChI is InChI=1S/C14H26N2O2/c1-11-9-12(10-18-11)14(17)16(8-7-15)13-5-3-2-4-6-13/h11-13H,2-10,15H2,1H3. The van der Waals surface area contributed by atoms with E-state index in [-0.39, 0.29) is 17.9 Å².